The van der Waals surface area contributed by atoms with Crippen LogP contribution in [0.3, 0.4) is 0 Å². The number of hydrogen-bond acceptors (Lipinski definition) is 3. The Morgan fingerprint density at radius 2 is 1.93 bits per heavy atom. The van der Waals surface area contributed by atoms with E-state index in [1.807, 2.05) is 36.5 Å². The molecule has 0 saturated carbocycles. The van der Waals surface area contributed by atoms with E-state index in [1.165, 1.54) is 17.9 Å². The van der Waals surface area contributed by atoms with Gasteiger partial charge in [-0.15, -0.1) is 30.1 Å². The van der Waals surface area contributed by atoms with E-state index in [4.69, 9.17) is 0 Å². The normalized spacial score (nSPS) is 25.4. The second kappa shape index (κ2) is 6.09. The van der Waals surface area contributed by atoms with Crippen molar-refractivity contribution >= 4 is 23.5 Å². The summed E-state index contributed by atoms with van der Waals surface area (Å²) in [4.78, 5) is 0. The van der Waals surface area contributed by atoms with Crippen molar-refractivity contribution < 1.29 is 5.11 Å². The summed E-state index contributed by atoms with van der Waals surface area (Å²) in [5.74, 6) is 3.06. The molecule has 1 saturated heterocycles. The van der Waals surface area contributed by atoms with E-state index in [0.717, 1.165) is 0 Å². The van der Waals surface area contributed by atoms with E-state index in [1.54, 1.807) is 0 Å². The van der Waals surface area contributed by atoms with Gasteiger partial charge in [0.05, 0.1) is 10.7 Å². The van der Waals surface area contributed by atoms with Gasteiger partial charge in [0.2, 0.25) is 0 Å². The van der Waals surface area contributed by atoms with E-state index in [2.05, 4.69) is 13.5 Å². The Hall–Kier alpha value is 0.400. The molecule has 1 rings (SSSR count). The van der Waals surface area contributed by atoms with Crippen LogP contribution in [0.1, 0.15) is 20.3 Å². The molecule has 1 nitrogen and oxygen atoms in total. The van der Waals surface area contributed by atoms with Gasteiger partial charge in [-0.2, -0.15) is 0 Å². The predicted molar refractivity (Wildman–Crippen MR) is 67.9 cm³/mol. The zero-order chi connectivity index (χ0) is 10.6. The average molecular weight is 232 g/mol. The number of hydrogen-bond donors (Lipinski definition) is 1. The van der Waals surface area contributed by atoms with Crippen molar-refractivity contribution in [2.75, 3.05) is 11.5 Å². The average Bonchev–Trinajstić information content (AvgIpc) is 2.27. The molecule has 1 heterocycles. The molecule has 0 aliphatic carbocycles. The maximum atomic E-state index is 10.0. The highest BCUT2D eigenvalue weighted by atomic mass is 32.2. The van der Waals surface area contributed by atoms with Gasteiger partial charge in [-0.25, -0.2) is 0 Å². The van der Waals surface area contributed by atoms with Gasteiger partial charge in [0.1, 0.15) is 0 Å². The molecule has 0 unspecified atom stereocenters. The maximum Gasteiger partial charge on any atom is 0.0644 e. The van der Waals surface area contributed by atoms with E-state index < -0.39 is 0 Å². The lowest BCUT2D eigenvalue weighted by atomic mass is 9.95. The van der Waals surface area contributed by atoms with Crippen molar-refractivity contribution in [3.05, 3.63) is 12.7 Å². The fourth-order valence-corrected chi connectivity index (χ4v) is 4.75. The summed E-state index contributed by atoms with van der Waals surface area (Å²) in [6, 6.07) is 0. The van der Waals surface area contributed by atoms with Gasteiger partial charge in [-0.1, -0.05) is 19.9 Å². The van der Waals surface area contributed by atoms with Crippen LogP contribution in [0.4, 0.5) is 0 Å². The molecule has 0 aromatic heterocycles. The molecule has 0 aromatic rings. The molecule has 82 valence electrons. The highest BCUT2D eigenvalue weighted by Crippen LogP contribution is 2.38. The fourth-order valence-electron chi connectivity index (χ4n) is 1.59. The van der Waals surface area contributed by atoms with Crippen molar-refractivity contribution in [1.29, 1.82) is 0 Å². The van der Waals surface area contributed by atoms with Crippen molar-refractivity contribution in [2.45, 2.75) is 31.0 Å². The standard InChI is InChI=1S/C11H20OS2/c1-4-8(2)10(12)9(3)11-13-6-5-7-14-11/h4,8-12H,1,5-7H2,2-3H3/t8-,9+,10-/m1/s1. The summed E-state index contributed by atoms with van der Waals surface area (Å²) in [6.45, 7) is 7.92. The summed E-state index contributed by atoms with van der Waals surface area (Å²) in [6.07, 6.45) is 2.92. The Labute approximate surface area is 95.7 Å². The first-order valence-electron chi connectivity index (χ1n) is 5.20. The SMILES string of the molecule is C=C[C@@H](C)[C@@H](O)[C@H](C)C1SCCCS1. The molecular formula is C11H20OS2. The first-order valence-corrected chi connectivity index (χ1v) is 7.30. The van der Waals surface area contributed by atoms with E-state index in [9.17, 15) is 5.11 Å². The van der Waals surface area contributed by atoms with Crippen LogP contribution in [0.5, 0.6) is 0 Å². The molecule has 0 amide bonds. The molecule has 3 atom stereocenters. The molecule has 0 radical (unpaired) electrons. The summed E-state index contributed by atoms with van der Waals surface area (Å²) >= 11 is 3.99. The second-order valence-electron chi connectivity index (χ2n) is 3.91. The van der Waals surface area contributed by atoms with Crippen molar-refractivity contribution in [3.63, 3.8) is 0 Å². The Morgan fingerprint density at radius 1 is 1.36 bits per heavy atom. The first kappa shape index (κ1) is 12.5. The van der Waals surface area contributed by atoms with Crippen LogP contribution in [-0.4, -0.2) is 27.3 Å². The Kier molecular flexibility index (Phi) is 5.42. The Bertz CT molecular complexity index is 178. The smallest absolute Gasteiger partial charge is 0.0644 e. The Balaban J connectivity index is 2.45. The second-order valence-corrected chi connectivity index (χ2v) is 6.71. The van der Waals surface area contributed by atoms with Crippen LogP contribution in [0.25, 0.3) is 0 Å². The van der Waals surface area contributed by atoms with Crippen molar-refractivity contribution in [3.8, 4) is 0 Å². The quantitative estimate of drug-likeness (QED) is 0.753. The van der Waals surface area contributed by atoms with Gasteiger partial charge >= 0.3 is 0 Å². The molecule has 1 aliphatic rings. The molecule has 14 heavy (non-hydrogen) atoms. The number of thioether (sulfide) groups is 2. The third-order valence-electron chi connectivity index (χ3n) is 2.73. The third kappa shape index (κ3) is 3.21. The minimum Gasteiger partial charge on any atom is -0.392 e. The van der Waals surface area contributed by atoms with E-state index >= 15 is 0 Å². The van der Waals surface area contributed by atoms with Gasteiger partial charge in [0, 0.05) is 5.92 Å². The molecule has 0 spiro atoms. The third-order valence-corrected chi connectivity index (χ3v) is 6.11. The minimum absolute atomic E-state index is 0.202. The molecular weight excluding hydrogens is 212 g/mol. The van der Waals surface area contributed by atoms with Crippen LogP contribution in [0.15, 0.2) is 12.7 Å². The highest BCUT2D eigenvalue weighted by molar-refractivity contribution is 8.17. The summed E-state index contributed by atoms with van der Waals surface area (Å²) in [5, 5.41) is 10.0. The lowest BCUT2D eigenvalue weighted by molar-refractivity contribution is 0.0901. The van der Waals surface area contributed by atoms with Crippen LogP contribution in [0.2, 0.25) is 0 Å². The van der Waals surface area contributed by atoms with Crippen LogP contribution in [0, 0.1) is 11.8 Å². The predicted octanol–water partition coefficient (Wildman–Crippen LogP) is 3.00. The van der Waals surface area contributed by atoms with Gasteiger partial charge in [0.15, 0.2) is 0 Å². The largest absolute Gasteiger partial charge is 0.392 e. The lowest BCUT2D eigenvalue weighted by Crippen LogP contribution is -2.31. The Morgan fingerprint density at radius 3 is 2.43 bits per heavy atom. The zero-order valence-electron chi connectivity index (χ0n) is 8.98. The number of rotatable bonds is 4. The van der Waals surface area contributed by atoms with Crippen LogP contribution < -0.4 is 0 Å². The molecule has 3 heteroatoms. The van der Waals surface area contributed by atoms with Gasteiger partial charge in [-0.3, -0.25) is 0 Å². The number of aliphatic hydroxyl groups excluding tert-OH is 1. The van der Waals surface area contributed by atoms with Crippen LogP contribution >= 0.6 is 23.5 Å². The van der Waals surface area contributed by atoms with E-state index in [0.29, 0.717) is 10.5 Å². The summed E-state index contributed by atoms with van der Waals surface area (Å²) in [5.41, 5.74) is 0. The zero-order valence-corrected chi connectivity index (χ0v) is 10.6. The topological polar surface area (TPSA) is 20.2 Å². The monoisotopic (exact) mass is 232 g/mol. The molecule has 1 N–H and O–H groups in total. The molecule has 1 fully saturated rings. The maximum absolute atomic E-state index is 10.0. The summed E-state index contributed by atoms with van der Waals surface area (Å²) < 4.78 is 0.571. The number of aliphatic hydroxyl groups is 1. The first-order chi connectivity index (χ1) is 6.66. The lowest BCUT2D eigenvalue weighted by Gasteiger charge is -2.31. The minimum atomic E-state index is -0.240. The molecule has 1 aliphatic heterocycles. The van der Waals surface area contributed by atoms with Crippen molar-refractivity contribution in [2.24, 2.45) is 11.8 Å². The fraction of sp³-hybridized carbons (Fsp3) is 0.818. The molecule has 0 aromatic carbocycles. The van der Waals surface area contributed by atoms with Gasteiger partial charge in [-0.05, 0) is 23.8 Å². The van der Waals surface area contributed by atoms with Crippen LogP contribution in [-0.2, 0) is 0 Å². The molecule has 0 bridgehead atoms. The van der Waals surface area contributed by atoms with Crippen molar-refractivity contribution in [1.82, 2.24) is 0 Å². The van der Waals surface area contributed by atoms with E-state index in [-0.39, 0.29) is 12.0 Å². The summed E-state index contributed by atoms with van der Waals surface area (Å²) in [7, 11) is 0. The van der Waals surface area contributed by atoms with Gasteiger partial charge in [0.25, 0.3) is 0 Å². The highest BCUT2D eigenvalue weighted by Gasteiger charge is 2.28. The van der Waals surface area contributed by atoms with Gasteiger partial charge < -0.3 is 5.11 Å².